The molecule has 1 aromatic heterocycles. The lowest BCUT2D eigenvalue weighted by atomic mass is 10.0. The molecule has 20 heavy (non-hydrogen) atoms. The standard InChI is InChI=1S/C16H18N2O2/c1-20-16-9-5-2-6-12(16)15(19)10-18-11-17-13-7-3-4-8-14(13)18/h2,5-6,9,11H,3-4,7-8,10H2,1H3. The average molecular weight is 270 g/mol. The van der Waals surface area contributed by atoms with E-state index in [-0.39, 0.29) is 5.78 Å². The molecular formula is C16H18N2O2. The minimum atomic E-state index is 0.0632. The van der Waals surface area contributed by atoms with Crippen LogP contribution in [0.2, 0.25) is 0 Å². The summed E-state index contributed by atoms with van der Waals surface area (Å²) in [6, 6.07) is 7.36. The number of rotatable bonds is 4. The van der Waals surface area contributed by atoms with Gasteiger partial charge in [0.25, 0.3) is 0 Å². The predicted molar refractivity (Wildman–Crippen MR) is 76.2 cm³/mol. The summed E-state index contributed by atoms with van der Waals surface area (Å²) in [5.74, 6) is 0.694. The van der Waals surface area contributed by atoms with Crippen LogP contribution in [0.25, 0.3) is 0 Å². The van der Waals surface area contributed by atoms with E-state index in [9.17, 15) is 4.79 Å². The highest BCUT2D eigenvalue weighted by Gasteiger charge is 2.18. The number of aryl methyl sites for hydroxylation is 1. The number of imidazole rings is 1. The molecule has 0 aliphatic heterocycles. The van der Waals surface area contributed by atoms with Gasteiger partial charge < -0.3 is 9.30 Å². The van der Waals surface area contributed by atoms with Crippen molar-refractivity contribution in [3.05, 3.63) is 47.5 Å². The Morgan fingerprint density at radius 2 is 2.10 bits per heavy atom. The quantitative estimate of drug-likeness (QED) is 0.802. The molecule has 4 nitrogen and oxygen atoms in total. The van der Waals surface area contributed by atoms with Crippen LogP contribution in [0.15, 0.2) is 30.6 Å². The molecule has 0 spiro atoms. The van der Waals surface area contributed by atoms with Gasteiger partial charge in [-0.2, -0.15) is 0 Å². The third kappa shape index (κ3) is 2.33. The lowest BCUT2D eigenvalue weighted by Crippen LogP contribution is -2.15. The molecule has 2 aromatic rings. The number of nitrogens with zero attached hydrogens (tertiary/aromatic N) is 2. The van der Waals surface area contributed by atoms with Crippen LogP contribution in [0.4, 0.5) is 0 Å². The van der Waals surface area contributed by atoms with Gasteiger partial charge in [0.15, 0.2) is 5.78 Å². The highest BCUT2D eigenvalue weighted by atomic mass is 16.5. The first-order valence-corrected chi connectivity index (χ1v) is 6.98. The van der Waals surface area contributed by atoms with Gasteiger partial charge in [-0.15, -0.1) is 0 Å². The molecule has 1 heterocycles. The van der Waals surface area contributed by atoms with Crippen LogP contribution >= 0.6 is 0 Å². The molecule has 0 N–H and O–H groups in total. The zero-order valence-electron chi connectivity index (χ0n) is 11.6. The Kier molecular flexibility index (Phi) is 3.54. The Morgan fingerprint density at radius 1 is 1.30 bits per heavy atom. The molecule has 104 valence electrons. The van der Waals surface area contributed by atoms with Crippen molar-refractivity contribution in [1.82, 2.24) is 9.55 Å². The molecule has 0 amide bonds. The van der Waals surface area contributed by atoms with Gasteiger partial charge in [0.1, 0.15) is 5.75 Å². The number of carbonyl (C=O) groups is 1. The number of hydrogen-bond donors (Lipinski definition) is 0. The van der Waals surface area contributed by atoms with Gasteiger partial charge in [0.2, 0.25) is 0 Å². The average Bonchev–Trinajstić information content (AvgIpc) is 2.90. The monoisotopic (exact) mass is 270 g/mol. The second-order valence-electron chi connectivity index (χ2n) is 5.10. The van der Waals surface area contributed by atoms with Crippen molar-refractivity contribution in [2.75, 3.05) is 7.11 Å². The van der Waals surface area contributed by atoms with E-state index in [1.165, 1.54) is 18.5 Å². The smallest absolute Gasteiger partial charge is 0.186 e. The number of carbonyl (C=O) groups excluding carboxylic acids is 1. The van der Waals surface area contributed by atoms with E-state index < -0.39 is 0 Å². The van der Waals surface area contributed by atoms with Crippen molar-refractivity contribution in [3.8, 4) is 5.75 Å². The zero-order valence-corrected chi connectivity index (χ0v) is 11.6. The largest absolute Gasteiger partial charge is 0.496 e. The second-order valence-corrected chi connectivity index (χ2v) is 5.10. The summed E-state index contributed by atoms with van der Waals surface area (Å²) in [6.07, 6.45) is 6.23. The van der Waals surface area contributed by atoms with E-state index in [2.05, 4.69) is 4.98 Å². The highest BCUT2D eigenvalue weighted by Crippen LogP contribution is 2.22. The normalized spacial score (nSPS) is 13.8. The molecule has 1 aromatic carbocycles. The molecular weight excluding hydrogens is 252 g/mol. The van der Waals surface area contributed by atoms with Gasteiger partial charge in [-0.25, -0.2) is 4.98 Å². The zero-order chi connectivity index (χ0) is 13.9. The first kappa shape index (κ1) is 12.9. The van der Waals surface area contributed by atoms with E-state index >= 15 is 0 Å². The predicted octanol–water partition coefficient (Wildman–Crippen LogP) is 2.65. The molecule has 0 bridgehead atoms. The minimum Gasteiger partial charge on any atom is -0.496 e. The van der Waals surface area contributed by atoms with E-state index in [0.29, 0.717) is 17.9 Å². The van der Waals surface area contributed by atoms with Crippen LogP contribution in [-0.4, -0.2) is 22.4 Å². The number of ether oxygens (including phenoxy) is 1. The maximum atomic E-state index is 12.4. The topological polar surface area (TPSA) is 44.1 Å². The van der Waals surface area contributed by atoms with Crippen molar-refractivity contribution in [1.29, 1.82) is 0 Å². The van der Waals surface area contributed by atoms with Crippen LogP contribution in [0.5, 0.6) is 5.75 Å². The maximum absolute atomic E-state index is 12.4. The second kappa shape index (κ2) is 5.49. The number of fused-ring (bicyclic) bond motifs is 1. The van der Waals surface area contributed by atoms with Gasteiger partial charge in [0, 0.05) is 5.69 Å². The lowest BCUT2D eigenvalue weighted by molar-refractivity contribution is 0.0968. The van der Waals surface area contributed by atoms with Gasteiger partial charge in [-0.3, -0.25) is 4.79 Å². The number of Topliss-reactive ketones (excluding diaryl/α,β-unsaturated/α-hetero) is 1. The molecule has 0 unspecified atom stereocenters. The molecule has 3 rings (SSSR count). The summed E-state index contributed by atoms with van der Waals surface area (Å²) in [7, 11) is 1.59. The van der Waals surface area contributed by atoms with E-state index in [0.717, 1.165) is 18.5 Å². The van der Waals surface area contributed by atoms with Gasteiger partial charge in [0.05, 0.1) is 31.2 Å². The van der Waals surface area contributed by atoms with Crippen molar-refractivity contribution < 1.29 is 9.53 Å². The van der Waals surface area contributed by atoms with Crippen molar-refractivity contribution in [2.45, 2.75) is 32.2 Å². The Labute approximate surface area is 118 Å². The van der Waals surface area contributed by atoms with Crippen molar-refractivity contribution >= 4 is 5.78 Å². The summed E-state index contributed by atoms with van der Waals surface area (Å²) in [5, 5.41) is 0. The number of aromatic nitrogens is 2. The Balaban J connectivity index is 1.84. The number of benzene rings is 1. The van der Waals surface area contributed by atoms with Gasteiger partial charge in [-0.1, -0.05) is 12.1 Å². The van der Waals surface area contributed by atoms with Crippen molar-refractivity contribution in [2.24, 2.45) is 0 Å². The van der Waals surface area contributed by atoms with Crippen LogP contribution in [0, 0.1) is 0 Å². The summed E-state index contributed by atoms with van der Waals surface area (Å²) < 4.78 is 7.24. The molecule has 0 radical (unpaired) electrons. The molecule has 1 aliphatic rings. The van der Waals surface area contributed by atoms with Gasteiger partial charge >= 0.3 is 0 Å². The third-order valence-electron chi connectivity index (χ3n) is 3.83. The fraction of sp³-hybridized carbons (Fsp3) is 0.375. The fourth-order valence-electron chi connectivity index (χ4n) is 2.78. The van der Waals surface area contributed by atoms with Gasteiger partial charge in [-0.05, 0) is 37.8 Å². The lowest BCUT2D eigenvalue weighted by Gasteiger charge is -2.14. The molecule has 0 saturated carbocycles. The summed E-state index contributed by atoms with van der Waals surface area (Å²) in [5.41, 5.74) is 3.01. The van der Waals surface area contributed by atoms with Crippen molar-refractivity contribution in [3.63, 3.8) is 0 Å². The highest BCUT2D eigenvalue weighted by molar-refractivity contribution is 5.98. The van der Waals surface area contributed by atoms with Crippen LogP contribution in [-0.2, 0) is 19.4 Å². The van der Waals surface area contributed by atoms with E-state index in [1.807, 2.05) is 28.8 Å². The van der Waals surface area contributed by atoms with Crippen LogP contribution < -0.4 is 4.74 Å². The summed E-state index contributed by atoms with van der Waals surface area (Å²) in [4.78, 5) is 16.9. The molecule has 4 heteroatoms. The van der Waals surface area contributed by atoms with E-state index in [4.69, 9.17) is 4.74 Å². The minimum absolute atomic E-state index is 0.0632. The maximum Gasteiger partial charge on any atom is 0.186 e. The SMILES string of the molecule is COc1ccccc1C(=O)Cn1cnc2c1CCCC2. The molecule has 0 atom stereocenters. The molecule has 0 saturated heterocycles. The fourth-order valence-corrected chi connectivity index (χ4v) is 2.78. The molecule has 0 fully saturated rings. The van der Waals surface area contributed by atoms with Crippen LogP contribution in [0.1, 0.15) is 34.6 Å². The number of hydrogen-bond acceptors (Lipinski definition) is 3. The first-order valence-electron chi connectivity index (χ1n) is 6.98. The molecule has 1 aliphatic carbocycles. The third-order valence-corrected chi connectivity index (χ3v) is 3.83. The first-order chi connectivity index (χ1) is 9.79. The summed E-state index contributed by atoms with van der Waals surface area (Å²) in [6.45, 7) is 0.336. The summed E-state index contributed by atoms with van der Waals surface area (Å²) >= 11 is 0. The van der Waals surface area contributed by atoms with E-state index in [1.54, 1.807) is 13.4 Å². The number of ketones is 1. The Hall–Kier alpha value is -2.10. The number of methoxy groups -OCH3 is 1. The Morgan fingerprint density at radius 3 is 2.95 bits per heavy atom. The van der Waals surface area contributed by atoms with Crippen LogP contribution in [0.3, 0.4) is 0 Å². The number of para-hydroxylation sites is 1. The Bertz CT molecular complexity index is 631.